The predicted octanol–water partition coefficient (Wildman–Crippen LogP) is 2.82. The van der Waals surface area contributed by atoms with Crippen molar-refractivity contribution in [1.82, 2.24) is 0 Å². The Bertz CT molecular complexity index is 324. The number of nitrogens with two attached hydrogens (primary N) is 1. The van der Waals surface area contributed by atoms with Crippen molar-refractivity contribution < 1.29 is 4.79 Å². The summed E-state index contributed by atoms with van der Waals surface area (Å²) in [4.78, 5) is 11.7. The smallest absolute Gasteiger partial charge is 0.205 e. The van der Waals surface area contributed by atoms with E-state index in [0.717, 1.165) is 12.0 Å². The molecule has 1 unspecified atom stereocenters. The van der Waals surface area contributed by atoms with E-state index in [4.69, 9.17) is 5.73 Å². The fraction of sp³-hybridized carbons (Fsp3) is 0.462. The maximum absolute atomic E-state index is 11.7. The molecular weight excluding hydrogens is 218 g/mol. The zero-order valence-electron chi connectivity index (χ0n) is 9.85. The number of hydrogen-bond acceptors (Lipinski definition) is 3. The third-order valence-electron chi connectivity index (χ3n) is 2.25. The molecule has 1 aromatic rings. The van der Waals surface area contributed by atoms with Gasteiger partial charge in [-0.25, -0.2) is 0 Å². The van der Waals surface area contributed by atoms with E-state index in [1.165, 1.54) is 11.8 Å². The molecule has 0 aromatic heterocycles. The molecule has 0 spiro atoms. The van der Waals surface area contributed by atoms with Crippen LogP contribution in [0.25, 0.3) is 0 Å². The first-order chi connectivity index (χ1) is 7.59. The van der Waals surface area contributed by atoms with Crippen molar-refractivity contribution in [2.75, 3.05) is 0 Å². The van der Waals surface area contributed by atoms with Crippen LogP contribution in [0.5, 0.6) is 0 Å². The Morgan fingerprint density at radius 2 is 1.94 bits per heavy atom. The van der Waals surface area contributed by atoms with Gasteiger partial charge < -0.3 is 5.73 Å². The van der Waals surface area contributed by atoms with Gasteiger partial charge in [0.15, 0.2) is 0 Å². The van der Waals surface area contributed by atoms with Crippen molar-refractivity contribution in [3.05, 3.63) is 35.9 Å². The maximum atomic E-state index is 11.7. The number of thioether (sulfide) groups is 1. The quantitative estimate of drug-likeness (QED) is 0.856. The van der Waals surface area contributed by atoms with E-state index in [9.17, 15) is 4.79 Å². The van der Waals surface area contributed by atoms with Gasteiger partial charge in [0.05, 0.1) is 6.04 Å². The first kappa shape index (κ1) is 13.3. The summed E-state index contributed by atoms with van der Waals surface area (Å²) in [6, 6.07) is 9.65. The van der Waals surface area contributed by atoms with Crippen LogP contribution in [0.15, 0.2) is 30.3 Å². The SMILES string of the molecule is CC(C)CC(N)C(=O)SCc1ccccc1. The van der Waals surface area contributed by atoms with Crippen LogP contribution >= 0.6 is 11.8 Å². The molecule has 3 heteroatoms. The van der Waals surface area contributed by atoms with E-state index >= 15 is 0 Å². The van der Waals surface area contributed by atoms with Crippen LogP contribution in [-0.4, -0.2) is 11.2 Å². The maximum Gasteiger partial charge on any atom is 0.205 e. The molecule has 2 N–H and O–H groups in total. The Morgan fingerprint density at radius 1 is 1.31 bits per heavy atom. The largest absolute Gasteiger partial charge is 0.321 e. The van der Waals surface area contributed by atoms with Gasteiger partial charge in [-0.15, -0.1) is 0 Å². The van der Waals surface area contributed by atoms with Gasteiger partial charge in [-0.1, -0.05) is 55.9 Å². The zero-order chi connectivity index (χ0) is 12.0. The highest BCUT2D eigenvalue weighted by atomic mass is 32.2. The monoisotopic (exact) mass is 237 g/mol. The van der Waals surface area contributed by atoms with E-state index in [1.807, 2.05) is 30.3 Å². The molecule has 1 aromatic carbocycles. The van der Waals surface area contributed by atoms with Crippen molar-refractivity contribution in [2.24, 2.45) is 11.7 Å². The number of benzene rings is 1. The van der Waals surface area contributed by atoms with Gasteiger partial charge in [-0.05, 0) is 17.9 Å². The summed E-state index contributed by atoms with van der Waals surface area (Å²) >= 11 is 1.32. The minimum absolute atomic E-state index is 0.0950. The lowest BCUT2D eigenvalue weighted by molar-refractivity contribution is -0.112. The summed E-state index contributed by atoms with van der Waals surface area (Å²) in [6.07, 6.45) is 0.765. The lowest BCUT2D eigenvalue weighted by Gasteiger charge is -2.12. The highest BCUT2D eigenvalue weighted by Gasteiger charge is 2.15. The number of carbonyl (C=O) groups excluding carboxylic acids is 1. The number of rotatable bonds is 5. The Morgan fingerprint density at radius 3 is 2.50 bits per heavy atom. The summed E-state index contributed by atoms with van der Waals surface area (Å²) in [5, 5.41) is 0.0950. The molecule has 0 bridgehead atoms. The molecule has 0 saturated heterocycles. The summed E-state index contributed by atoms with van der Waals surface area (Å²) in [7, 11) is 0. The molecule has 1 atom stereocenters. The van der Waals surface area contributed by atoms with Crippen molar-refractivity contribution in [1.29, 1.82) is 0 Å². The van der Waals surface area contributed by atoms with Crippen molar-refractivity contribution in [3.63, 3.8) is 0 Å². The van der Waals surface area contributed by atoms with Crippen LogP contribution < -0.4 is 5.73 Å². The third-order valence-corrected chi connectivity index (χ3v) is 3.32. The van der Waals surface area contributed by atoms with Gasteiger partial charge in [-0.2, -0.15) is 0 Å². The van der Waals surface area contributed by atoms with Gasteiger partial charge in [0.1, 0.15) is 0 Å². The fourth-order valence-corrected chi connectivity index (χ4v) is 2.25. The first-order valence-electron chi connectivity index (χ1n) is 5.55. The molecule has 88 valence electrons. The molecule has 0 radical (unpaired) electrons. The van der Waals surface area contributed by atoms with E-state index in [2.05, 4.69) is 13.8 Å². The molecule has 0 aliphatic carbocycles. The average Bonchev–Trinajstić information content (AvgIpc) is 2.26. The summed E-state index contributed by atoms with van der Waals surface area (Å²) in [5.74, 6) is 1.18. The van der Waals surface area contributed by atoms with Crippen LogP contribution in [0.1, 0.15) is 25.8 Å². The number of hydrogen-bond donors (Lipinski definition) is 1. The predicted molar refractivity (Wildman–Crippen MR) is 70.2 cm³/mol. The van der Waals surface area contributed by atoms with Gasteiger partial charge in [0.25, 0.3) is 0 Å². The van der Waals surface area contributed by atoms with Crippen molar-refractivity contribution >= 4 is 16.9 Å². The molecule has 2 nitrogen and oxygen atoms in total. The summed E-state index contributed by atoms with van der Waals surface area (Å²) in [6.45, 7) is 4.16. The van der Waals surface area contributed by atoms with Gasteiger partial charge in [-0.3, -0.25) is 4.79 Å². The minimum atomic E-state index is -0.325. The van der Waals surface area contributed by atoms with Gasteiger partial charge in [0.2, 0.25) is 5.12 Å². The van der Waals surface area contributed by atoms with Crippen molar-refractivity contribution in [3.8, 4) is 0 Å². The highest BCUT2D eigenvalue weighted by molar-refractivity contribution is 8.13. The Hall–Kier alpha value is -0.800. The molecule has 0 aliphatic heterocycles. The van der Waals surface area contributed by atoms with E-state index < -0.39 is 0 Å². The number of carbonyl (C=O) groups is 1. The van der Waals surface area contributed by atoms with Crippen LogP contribution in [0, 0.1) is 5.92 Å². The van der Waals surface area contributed by atoms with Crippen molar-refractivity contribution in [2.45, 2.75) is 32.1 Å². The topological polar surface area (TPSA) is 43.1 Å². The molecular formula is C13H19NOS. The zero-order valence-corrected chi connectivity index (χ0v) is 10.7. The van der Waals surface area contributed by atoms with Crippen LogP contribution in [0.2, 0.25) is 0 Å². The molecule has 0 aliphatic rings. The lowest BCUT2D eigenvalue weighted by atomic mass is 10.1. The second-order valence-corrected chi connectivity index (χ2v) is 5.31. The highest BCUT2D eigenvalue weighted by Crippen LogP contribution is 2.16. The Labute approximate surface area is 102 Å². The molecule has 0 amide bonds. The third kappa shape index (κ3) is 4.81. The van der Waals surface area contributed by atoms with E-state index in [1.54, 1.807) is 0 Å². The molecule has 0 heterocycles. The second kappa shape index (κ2) is 6.71. The summed E-state index contributed by atoms with van der Waals surface area (Å²) in [5.41, 5.74) is 6.98. The Kier molecular flexibility index (Phi) is 5.56. The van der Waals surface area contributed by atoms with E-state index in [-0.39, 0.29) is 11.2 Å². The fourth-order valence-electron chi connectivity index (χ4n) is 1.44. The van der Waals surface area contributed by atoms with Gasteiger partial charge >= 0.3 is 0 Å². The van der Waals surface area contributed by atoms with Crippen LogP contribution in [-0.2, 0) is 10.5 Å². The minimum Gasteiger partial charge on any atom is -0.321 e. The average molecular weight is 237 g/mol. The first-order valence-corrected chi connectivity index (χ1v) is 6.54. The molecule has 0 saturated carbocycles. The van der Waals surface area contributed by atoms with Gasteiger partial charge in [0, 0.05) is 5.75 Å². The molecule has 1 rings (SSSR count). The lowest BCUT2D eigenvalue weighted by Crippen LogP contribution is -2.29. The Balaban J connectivity index is 2.35. The molecule has 0 fully saturated rings. The normalized spacial score (nSPS) is 12.8. The van der Waals surface area contributed by atoms with Crippen LogP contribution in [0.4, 0.5) is 0 Å². The van der Waals surface area contributed by atoms with Crippen LogP contribution in [0.3, 0.4) is 0 Å². The second-order valence-electron chi connectivity index (χ2n) is 4.33. The molecule has 16 heavy (non-hydrogen) atoms. The summed E-state index contributed by atoms with van der Waals surface area (Å²) < 4.78 is 0. The standard InChI is InChI=1S/C13H19NOS/c1-10(2)8-12(14)13(15)16-9-11-6-4-3-5-7-11/h3-7,10,12H,8-9,14H2,1-2H3. The van der Waals surface area contributed by atoms with E-state index in [0.29, 0.717) is 11.7 Å².